The number of aromatic nitrogens is 1. The van der Waals surface area contributed by atoms with E-state index in [1.54, 1.807) is 0 Å². The molecule has 10 heteroatoms. The third-order valence-electron chi connectivity index (χ3n) is 3.46. The molecule has 1 aromatic rings. The van der Waals surface area contributed by atoms with E-state index in [-0.39, 0.29) is 18.9 Å². The number of aliphatic hydroxyl groups excluding tert-OH is 1. The van der Waals surface area contributed by atoms with Gasteiger partial charge in [0, 0.05) is 31.3 Å². The molecule has 0 unspecified atom stereocenters. The lowest BCUT2D eigenvalue weighted by Crippen LogP contribution is -2.54. The molecule has 1 fully saturated rings. The highest BCUT2D eigenvalue weighted by atomic mass is 32.1. The second-order valence-electron chi connectivity index (χ2n) is 5.20. The highest BCUT2D eigenvalue weighted by Crippen LogP contribution is 2.27. The summed E-state index contributed by atoms with van der Waals surface area (Å²) in [6.07, 6.45) is 4.30. The van der Waals surface area contributed by atoms with Crippen molar-refractivity contribution in [2.24, 2.45) is 0 Å². The van der Waals surface area contributed by atoms with Crippen LogP contribution in [0.1, 0.15) is 17.8 Å². The molecule has 0 saturated carbocycles. The number of terminal acetylenes is 1. The summed E-state index contributed by atoms with van der Waals surface area (Å²) in [6.45, 7) is -0.891. The van der Waals surface area contributed by atoms with Gasteiger partial charge in [0.25, 0.3) is 5.92 Å². The number of amides is 3. The minimum Gasteiger partial charge on any atom is -0.394 e. The average Bonchev–Trinajstić information content (AvgIpc) is 2.99. The van der Waals surface area contributed by atoms with Crippen molar-refractivity contribution in [3.8, 4) is 12.3 Å². The fourth-order valence-electron chi connectivity index (χ4n) is 2.17. The van der Waals surface area contributed by atoms with Gasteiger partial charge in [0.15, 0.2) is 5.01 Å². The zero-order valence-electron chi connectivity index (χ0n) is 12.6. The Hall–Kier alpha value is -2.25. The summed E-state index contributed by atoms with van der Waals surface area (Å²) in [5.41, 5.74) is 0. The fourth-order valence-corrected chi connectivity index (χ4v) is 2.72. The predicted octanol–water partition coefficient (Wildman–Crippen LogP) is 0.864. The minimum atomic E-state index is -2.78. The van der Waals surface area contributed by atoms with E-state index >= 15 is 0 Å². The molecule has 2 rings (SSSR count). The van der Waals surface area contributed by atoms with Crippen LogP contribution in [-0.2, 0) is 4.79 Å². The first-order valence-electron chi connectivity index (χ1n) is 7.12. The van der Waals surface area contributed by atoms with Gasteiger partial charge in [0.1, 0.15) is 11.9 Å². The molecule has 3 N–H and O–H groups in total. The molecule has 1 aliphatic rings. The molecule has 3 amide bonds. The lowest BCUT2D eigenvalue weighted by atomic mass is 10.1. The van der Waals surface area contributed by atoms with Gasteiger partial charge in [-0.15, -0.1) is 17.8 Å². The van der Waals surface area contributed by atoms with E-state index in [9.17, 15) is 23.5 Å². The van der Waals surface area contributed by atoms with Gasteiger partial charge >= 0.3 is 6.03 Å². The Bertz CT molecular complexity index is 649. The second kappa shape index (κ2) is 7.55. The number of rotatable bonds is 4. The first kappa shape index (κ1) is 18.1. The fraction of sp³-hybridized carbons (Fsp3) is 0.500. The number of hydrogen-bond donors (Lipinski definition) is 3. The molecule has 0 aliphatic carbocycles. The second-order valence-corrected chi connectivity index (χ2v) is 6.06. The summed E-state index contributed by atoms with van der Waals surface area (Å²) in [5, 5.41) is 15.9. The molecule has 0 bridgehead atoms. The third kappa shape index (κ3) is 4.62. The Labute approximate surface area is 141 Å². The van der Waals surface area contributed by atoms with Crippen LogP contribution < -0.4 is 10.6 Å². The lowest BCUT2D eigenvalue weighted by Gasteiger charge is -2.33. The summed E-state index contributed by atoms with van der Waals surface area (Å²) in [6, 6.07) is -1.97. The van der Waals surface area contributed by atoms with E-state index in [1.807, 2.05) is 0 Å². The predicted molar refractivity (Wildman–Crippen MR) is 83.8 cm³/mol. The molecule has 0 spiro atoms. The number of anilines is 1. The van der Waals surface area contributed by atoms with Gasteiger partial charge in [-0.3, -0.25) is 10.1 Å². The van der Waals surface area contributed by atoms with E-state index in [0.717, 1.165) is 11.3 Å². The smallest absolute Gasteiger partial charge is 0.321 e. The van der Waals surface area contributed by atoms with Crippen LogP contribution in [-0.4, -0.2) is 58.6 Å². The van der Waals surface area contributed by atoms with Crippen molar-refractivity contribution in [3.63, 3.8) is 0 Å². The van der Waals surface area contributed by atoms with Crippen molar-refractivity contribution in [3.05, 3.63) is 10.4 Å². The number of likely N-dealkylation sites (tertiary alicyclic amines) is 1. The van der Waals surface area contributed by atoms with Crippen LogP contribution in [0.3, 0.4) is 0 Å². The highest BCUT2D eigenvalue weighted by Gasteiger charge is 2.37. The van der Waals surface area contributed by atoms with Gasteiger partial charge in [0.2, 0.25) is 5.91 Å². The molecule has 0 aromatic carbocycles. The molecule has 24 heavy (non-hydrogen) atoms. The molecule has 1 aliphatic heterocycles. The summed E-state index contributed by atoms with van der Waals surface area (Å²) in [5.74, 6) is -0.859. The zero-order chi connectivity index (χ0) is 17.7. The first-order valence-corrected chi connectivity index (χ1v) is 8.00. The summed E-state index contributed by atoms with van der Waals surface area (Å²) in [7, 11) is 0. The summed E-state index contributed by atoms with van der Waals surface area (Å²) in [4.78, 5) is 29.2. The normalized spacial score (nSPS) is 17.7. The quantitative estimate of drug-likeness (QED) is 0.696. The van der Waals surface area contributed by atoms with Crippen molar-refractivity contribution >= 4 is 29.1 Å². The van der Waals surface area contributed by atoms with E-state index in [1.165, 1.54) is 10.3 Å². The Kier molecular flexibility index (Phi) is 5.69. The number of aliphatic hydroxyl groups is 1. The Morgan fingerprint density at radius 2 is 2.17 bits per heavy atom. The number of urea groups is 1. The topological polar surface area (TPSA) is 94.6 Å². The van der Waals surface area contributed by atoms with Gasteiger partial charge in [-0.25, -0.2) is 18.6 Å². The molecular formula is C14H16F2N4O3S. The molecule has 1 atom stereocenters. The number of piperidine rings is 1. The molecule has 2 heterocycles. The number of nitrogens with zero attached hydrogens (tertiary/aromatic N) is 2. The first-order chi connectivity index (χ1) is 11.3. The standard InChI is InChI=1S/C14H16F2N4O3S/c1-2-11-18-10(8-24-11)19-13(23)17-9(7-21)12(22)20-5-3-14(15,16)4-6-20/h1,8-9,21H,3-7H2,(H2,17,19,23)/t9-/m0/s1. The van der Waals surface area contributed by atoms with Gasteiger partial charge in [-0.2, -0.15) is 0 Å². The van der Waals surface area contributed by atoms with Crippen molar-refractivity contribution < 1.29 is 23.5 Å². The maximum absolute atomic E-state index is 13.1. The summed E-state index contributed by atoms with van der Waals surface area (Å²) >= 11 is 1.16. The number of thiazole rings is 1. The zero-order valence-corrected chi connectivity index (χ0v) is 13.4. The number of alkyl halides is 2. The Balaban J connectivity index is 1.90. The van der Waals surface area contributed by atoms with Crippen LogP contribution in [0.4, 0.5) is 19.4 Å². The number of carbonyl (C=O) groups excluding carboxylic acids is 2. The Morgan fingerprint density at radius 3 is 2.71 bits per heavy atom. The van der Waals surface area contributed by atoms with Crippen LogP contribution in [0.5, 0.6) is 0 Å². The third-order valence-corrected chi connectivity index (χ3v) is 4.24. The molecule has 1 saturated heterocycles. The van der Waals surface area contributed by atoms with Gasteiger partial charge in [0.05, 0.1) is 6.61 Å². The van der Waals surface area contributed by atoms with Crippen molar-refractivity contribution in [1.82, 2.24) is 15.2 Å². The van der Waals surface area contributed by atoms with Crippen LogP contribution >= 0.6 is 11.3 Å². The van der Waals surface area contributed by atoms with Crippen LogP contribution in [0, 0.1) is 12.3 Å². The molecular weight excluding hydrogens is 342 g/mol. The monoisotopic (exact) mass is 358 g/mol. The van der Waals surface area contributed by atoms with Gasteiger partial charge < -0.3 is 15.3 Å². The van der Waals surface area contributed by atoms with Crippen molar-refractivity contribution in [2.75, 3.05) is 25.0 Å². The van der Waals surface area contributed by atoms with Crippen LogP contribution in [0.15, 0.2) is 5.38 Å². The average molecular weight is 358 g/mol. The number of carbonyl (C=O) groups is 2. The van der Waals surface area contributed by atoms with E-state index < -0.39 is 43.4 Å². The van der Waals surface area contributed by atoms with Gasteiger partial charge in [-0.1, -0.05) is 0 Å². The molecule has 0 radical (unpaired) electrons. The number of nitrogens with one attached hydrogen (secondary N) is 2. The highest BCUT2D eigenvalue weighted by molar-refractivity contribution is 7.10. The van der Waals surface area contributed by atoms with E-state index in [0.29, 0.717) is 5.01 Å². The van der Waals surface area contributed by atoms with Crippen molar-refractivity contribution in [1.29, 1.82) is 0 Å². The Morgan fingerprint density at radius 1 is 1.50 bits per heavy atom. The molecule has 1 aromatic heterocycles. The van der Waals surface area contributed by atoms with Gasteiger partial charge in [-0.05, 0) is 5.92 Å². The SMILES string of the molecule is C#Cc1nc(NC(=O)N[C@@H](CO)C(=O)N2CCC(F)(F)CC2)cs1. The maximum atomic E-state index is 13.1. The van der Waals surface area contributed by atoms with Crippen LogP contribution in [0.2, 0.25) is 0 Å². The van der Waals surface area contributed by atoms with E-state index in [2.05, 4.69) is 21.5 Å². The van der Waals surface area contributed by atoms with Crippen LogP contribution in [0.25, 0.3) is 0 Å². The maximum Gasteiger partial charge on any atom is 0.321 e. The van der Waals surface area contributed by atoms with Crippen molar-refractivity contribution in [2.45, 2.75) is 24.8 Å². The lowest BCUT2D eigenvalue weighted by molar-refractivity contribution is -0.140. The van der Waals surface area contributed by atoms with E-state index in [4.69, 9.17) is 6.42 Å². The molecule has 130 valence electrons. The summed E-state index contributed by atoms with van der Waals surface area (Å²) < 4.78 is 26.2. The molecule has 7 nitrogen and oxygen atoms in total. The largest absolute Gasteiger partial charge is 0.394 e. The number of hydrogen-bond acceptors (Lipinski definition) is 5. The minimum absolute atomic E-state index is 0.122. The number of halogens is 2.